The zero-order chi connectivity index (χ0) is 35.7. The number of likely N-dealkylation sites (tertiary alicyclic amines) is 1. The van der Waals surface area contributed by atoms with E-state index < -0.39 is 11.6 Å². The molecule has 1 aromatic carbocycles. The van der Waals surface area contributed by atoms with E-state index in [1.807, 2.05) is 12.1 Å². The molecule has 0 unspecified atom stereocenters. The predicted molar refractivity (Wildman–Crippen MR) is 198 cm³/mol. The van der Waals surface area contributed by atoms with Crippen LogP contribution in [0.3, 0.4) is 0 Å². The van der Waals surface area contributed by atoms with E-state index in [0.29, 0.717) is 40.6 Å². The molecule has 0 atom stereocenters. The van der Waals surface area contributed by atoms with Gasteiger partial charge in [0.2, 0.25) is 5.95 Å². The van der Waals surface area contributed by atoms with E-state index in [-0.39, 0.29) is 18.0 Å². The number of nitrogens with one attached hydrogen (secondary N) is 1. The summed E-state index contributed by atoms with van der Waals surface area (Å²) >= 11 is 0. The van der Waals surface area contributed by atoms with Crippen LogP contribution in [0.2, 0.25) is 0 Å². The summed E-state index contributed by atoms with van der Waals surface area (Å²) in [5, 5.41) is 23.6. The Morgan fingerprint density at radius 1 is 0.922 bits per heavy atom. The maximum atomic E-state index is 13.4. The Bertz CT molecular complexity index is 1910. The van der Waals surface area contributed by atoms with Crippen molar-refractivity contribution in [3.05, 3.63) is 77.4 Å². The summed E-state index contributed by atoms with van der Waals surface area (Å²) in [5.74, 6) is 0.0348. The van der Waals surface area contributed by atoms with Gasteiger partial charge in [-0.25, -0.2) is 19.3 Å². The Hall–Kier alpha value is -4.59. The fraction of sp³-hybridized carbons (Fsp3) is 0.500. The van der Waals surface area contributed by atoms with Crippen LogP contribution in [0.15, 0.2) is 66.1 Å². The summed E-state index contributed by atoms with van der Waals surface area (Å²) in [6.45, 7) is 13.7. The Labute approximate surface area is 298 Å². The molecular formula is C38H49N9O4. The number of aliphatic hydroxyl groups is 1. The lowest BCUT2D eigenvalue weighted by Crippen LogP contribution is -2.54. The molecular weight excluding hydrogens is 646 g/mol. The number of carbonyl (C=O) groups is 1. The van der Waals surface area contributed by atoms with E-state index in [1.54, 1.807) is 42.8 Å². The monoisotopic (exact) mass is 695 g/mol. The molecule has 0 spiro atoms. The fourth-order valence-electron chi connectivity index (χ4n) is 8.02. The average Bonchev–Trinajstić information content (AvgIpc) is 3.42. The number of piperazine rings is 1. The highest BCUT2D eigenvalue weighted by molar-refractivity contribution is 5.77. The normalized spacial score (nSPS) is 21.2. The van der Waals surface area contributed by atoms with Gasteiger partial charge in [0, 0.05) is 55.8 Å². The van der Waals surface area contributed by atoms with E-state index in [4.69, 9.17) is 4.98 Å². The number of fused-ring (bicyclic) bond motifs is 1. The second-order valence-corrected chi connectivity index (χ2v) is 14.7. The number of pyridine rings is 1. The molecule has 7 rings (SSSR count). The minimum absolute atomic E-state index is 0.149. The molecule has 2 saturated heterocycles. The smallest absolute Gasteiger partial charge is 0.306 e. The molecule has 3 aromatic heterocycles. The largest absolute Gasteiger partial charge is 0.481 e. The van der Waals surface area contributed by atoms with Crippen molar-refractivity contribution < 1.29 is 15.0 Å². The molecule has 13 heteroatoms. The van der Waals surface area contributed by atoms with Gasteiger partial charge < -0.3 is 25.3 Å². The topological polar surface area (TPSA) is 145 Å². The minimum atomic E-state index is -1.16. The van der Waals surface area contributed by atoms with Crippen LogP contribution in [-0.2, 0) is 16.9 Å². The molecule has 0 amide bonds. The van der Waals surface area contributed by atoms with Gasteiger partial charge in [0.05, 0.1) is 18.2 Å². The number of aromatic nitrogens is 5. The number of nitrogens with zero attached hydrogens (tertiary/aromatic N) is 8. The Morgan fingerprint density at radius 2 is 1.59 bits per heavy atom. The zero-order valence-electron chi connectivity index (χ0n) is 29.6. The molecule has 3 N–H and O–H groups in total. The van der Waals surface area contributed by atoms with Crippen molar-refractivity contribution in [2.75, 3.05) is 49.5 Å². The molecule has 4 aromatic rings. The first-order valence-electron chi connectivity index (χ1n) is 18.2. The molecule has 13 nitrogen and oxygen atoms in total. The molecule has 0 radical (unpaired) electrons. The number of hydrogen-bond acceptors (Lipinski definition) is 10. The molecule has 0 bridgehead atoms. The van der Waals surface area contributed by atoms with Gasteiger partial charge in [0.1, 0.15) is 11.0 Å². The van der Waals surface area contributed by atoms with Crippen LogP contribution in [0.1, 0.15) is 58.1 Å². The molecule has 1 saturated carbocycles. The van der Waals surface area contributed by atoms with Gasteiger partial charge in [0.25, 0.3) is 5.56 Å². The summed E-state index contributed by atoms with van der Waals surface area (Å²) < 4.78 is 3.17. The molecule has 3 aliphatic rings. The second kappa shape index (κ2) is 14.6. The lowest BCUT2D eigenvalue weighted by Gasteiger charge is -2.45. The zero-order valence-corrected chi connectivity index (χ0v) is 29.6. The van der Waals surface area contributed by atoms with Crippen molar-refractivity contribution in [3.63, 3.8) is 0 Å². The van der Waals surface area contributed by atoms with Crippen LogP contribution < -0.4 is 15.8 Å². The lowest BCUT2D eigenvalue weighted by atomic mass is 9.84. The highest BCUT2D eigenvalue weighted by atomic mass is 16.4. The van der Waals surface area contributed by atoms with Gasteiger partial charge in [-0.1, -0.05) is 12.1 Å². The number of piperidine rings is 1. The Morgan fingerprint density at radius 3 is 2.24 bits per heavy atom. The van der Waals surface area contributed by atoms with Crippen LogP contribution in [0, 0.1) is 5.92 Å². The van der Waals surface area contributed by atoms with Gasteiger partial charge in [-0.2, -0.15) is 4.98 Å². The van der Waals surface area contributed by atoms with Crippen LogP contribution in [0.4, 0.5) is 17.3 Å². The summed E-state index contributed by atoms with van der Waals surface area (Å²) in [6.07, 6.45) is 9.21. The number of carboxylic acid groups (broad SMARTS) is 1. The van der Waals surface area contributed by atoms with Gasteiger partial charge >= 0.3 is 5.97 Å². The van der Waals surface area contributed by atoms with E-state index in [2.05, 4.69) is 48.7 Å². The Balaban J connectivity index is 0.972. The van der Waals surface area contributed by atoms with E-state index in [9.17, 15) is 19.8 Å². The molecule has 5 heterocycles. The standard InChI is InChI=1S/C38H49N9O4/c1-4-18-46-35(48)31-25-39-37(42-34(31)47(46)33-7-5-6-32(41-33)38(2,3)51)40-27-10-14-29(15-11-27)44-21-23-45(24-22-44)30-16-19-43(20-17-30)28-12-8-26(9-13-28)36(49)50/h4-7,10-11,14-15,25-26,28,30,51H,1,8-9,12-13,16-24H2,2-3H3,(H,49,50)(H,39,40,42). The van der Waals surface area contributed by atoms with Gasteiger partial charge in [-0.15, -0.1) is 6.58 Å². The van der Waals surface area contributed by atoms with Crippen LogP contribution >= 0.6 is 0 Å². The molecule has 51 heavy (non-hydrogen) atoms. The molecule has 2 aliphatic heterocycles. The predicted octanol–water partition coefficient (Wildman–Crippen LogP) is 4.36. The van der Waals surface area contributed by atoms with E-state index in [0.717, 1.165) is 70.6 Å². The van der Waals surface area contributed by atoms with E-state index in [1.165, 1.54) is 29.4 Å². The van der Waals surface area contributed by atoms with Gasteiger partial charge in [-0.3, -0.25) is 14.5 Å². The number of allylic oxidation sites excluding steroid dienone is 1. The number of anilines is 3. The van der Waals surface area contributed by atoms with Crippen molar-refractivity contribution in [3.8, 4) is 5.82 Å². The first-order chi connectivity index (χ1) is 24.6. The van der Waals surface area contributed by atoms with Gasteiger partial charge in [0.15, 0.2) is 11.5 Å². The number of aliphatic carboxylic acids is 1. The summed E-state index contributed by atoms with van der Waals surface area (Å²) in [4.78, 5) is 46.3. The van der Waals surface area contributed by atoms with Gasteiger partial charge in [-0.05, 0) is 102 Å². The quantitative estimate of drug-likeness (QED) is 0.204. The highest BCUT2D eigenvalue weighted by Crippen LogP contribution is 2.31. The maximum Gasteiger partial charge on any atom is 0.306 e. The third kappa shape index (κ3) is 7.42. The number of benzene rings is 1. The summed E-state index contributed by atoms with van der Waals surface area (Å²) in [6, 6.07) is 14.8. The maximum absolute atomic E-state index is 13.4. The molecule has 3 fully saturated rings. The van der Waals surface area contributed by atoms with Crippen LogP contribution in [0.5, 0.6) is 0 Å². The van der Waals surface area contributed by atoms with Crippen LogP contribution in [0.25, 0.3) is 16.9 Å². The third-order valence-corrected chi connectivity index (χ3v) is 10.9. The van der Waals surface area contributed by atoms with Crippen molar-refractivity contribution in [1.82, 2.24) is 34.1 Å². The molecule has 270 valence electrons. The number of carboxylic acids is 1. The lowest BCUT2D eigenvalue weighted by molar-refractivity contribution is -0.143. The third-order valence-electron chi connectivity index (χ3n) is 10.9. The van der Waals surface area contributed by atoms with Crippen molar-refractivity contribution in [2.45, 2.75) is 76.6 Å². The van der Waals surface area contributed by atoms with Crippen molar-refractivity contribution in [2.24, 2.45) is 5.92 Å². The first kappa shape index (κ1) is 34.8. The summed E-state index contributed by atoms with van der Waals surface area (Å²) in [7, 11) is 0. The average molecular weight is 696 g/mol. The van der Waals surface area contributed by atoms with Crippen molar-refractivity contribution in [1.29, 1.82) is 0 Å². The Kier molecular flexibility index (Phi) is 9.95. The fourth-order valence-corrected chi connectivity index (χ4v) is 8.02. The second-order valence-electron chi connectivity index (χ2n) is 14.7. The first-order valence-corrected chi connectivity index (χ1v) is 18.2. The van der Waals surface area contributed by atoms with E-state index >= 15 is 0 Å². The minimum Gasteiger partial charge on any atom is -0.481 e. The summed E-state index contributed by atoms with van der Waals surface area (Å²) in [5.41, 5.74) is 1.48. The van der Waals surface area contributed by atoms with Crippen molar-refractivity contribution >= 4 is 34.3 Å². The SMILES string of the molecule is C=CCn1c(=O)c2cnc(Nc3ccc(N4CCN(C5CCN(C6CCC(C(=O)O)CC6)CC5)CC4)cc3)nc2n1-c1cccc(C(C)(C)O)n1. The highest BCUT2D eigenvalue weighted by Gasteiger charge is 2.33. The number of rotatable bonds is 10. The molecule has 1 aliphatic carbocycles. The number of hydrogen-bond donors (Lipinski definition) is 3. The van der Waals surface area contributed by atoms with Crippen LogP contribution in [-0.4, -0.2) is 102 Å².